The van der Waals surface area contributed by atoms with Crippen molar-refractivity contribution in [1.82, 2.24) is 15.8 Å². The number of hydrogen-bond acceptors (Lipinski definition) is 4. The van der Waals surface area contributed by atoms with E-state index in [9.17, 15) is 14.4 Å². The zero-order chi connectivity index (χ0) is 20.3. The smallest absolute Gasteiger partial charge is 0.269 e. The first kappa shape index (κ1) is 19.7. The van der Waals surface area contributed by atoms with Gasteiger partial charge < -0.3 is 9.32 Å². The van der Waals surface area contributed by atoms with Crippen molar-refractivity contribution >= 4 is 17.7 Å². The number of nitrogens with zero attached hydrogens (tertiary/aromatic N) is 1. The van der Waals surface area contributed by atoms with Gasteiger partial charge in [-0.2, -0.15) is 0 Å². The van der Waals surface area contributed by atoms with E-state index in [1.54, 1.807) is 35.4 Å². The monoisotopic (exact) mass is 383 g/mol. The molecule has 0 bridgehead atoms. The van der Waals surface area contributed by atoms with E-state index in [1.165, 1.54) is 0 Å². The Bertz CT molecular complexity index is 851. The molecule has 1 aliphatic rings. The minimum absolute atomic E-state index is 0.000245. The molecule has 7 nitrogen and oxygen atoms in total. The zero-order valence-corrected chi connectivity index (χ0v) is 16.3. The average Bonchev–Trinajstić information content (AvgIpc) is 3.29. The SMILES string of the molecule is CC(C)(C)c1ccc(C(=O)NNC(=O)[C@@H]2CC(=O)N(Cc3ccco3)C2)cc1. The second-order valence-electron chi connectivity index (χ2n) is 8.03. The van der Waals surface area contributed by atoms with E-state index < -0.39 is 11.8 Å². The molecule has 1 aliphatic heterocycles. The van der Waals surface area contributed by atoms with Gasteiger partial charge in [0.2, 0.25) is 11.8 Å². The molecular weight excluding hydrogens is 358 g/mol. The lowest BCUT2D eigenvalue weighted by molar-refractivity contribution is -0.129. The molecule has 1 aromatic heterocycles. The number of likely N-dealkylation sites (tertiary alicyclic amines) is 1. The van der Waals surface area contributed by atoms with Gasteiger partial charge in [-0.15, -0.1) is 0 Å². The van der Waals surface area contributed by atoms with Gasteiger partial charge in [-0.05, 0) is 35.2 Å². The van der Waals surface area contributed by atoms with Gasteiger partial charge in [0, 0.05) is 18.5 Å². The third-order valence-corrected chi connectivity index (χ3v) is 4.82. The number of hydrogen-bond donors (Lipinski definition) is 2. The van der Waals surface area contributed by atoms with Crippen LogP contribution >= 0.6 is 0 Å². The van der Waals surface area contributed by atoms with Crippen LogP contribution in [0.1, 0.15) is 48.9 Å². The lowest BCUT2D eigenvalue weighted by atomic mass is 9.87. The van der Waals surface area contributed by atoms with Crippen molar-refractivity contribution in [2.45, 2.75) is 39.2 Å². The van der Waals surface area contributed by atoms with Crippen LogP contribution in [0.15, 0.2) is 47.1 Å². The predicted molar refractivity (Wildman–Crippen MR) is 103 cm³/mol. The topological polar surface area (TPSA) is 91.7 Å². The summed E-state index contributed by atoms with van der Waals surface area (Å²) in [6.45, 7) is 6.92. The first-order chi connectivity index (χ1) is 13.2. The summed E-state index contributed by atoms with van der Waals surface area (Å²) in [5.74, 6) is -0.728. The van der Waals surface area contributed by atoms with Crippen LogP contribution in [-0.2, 0) is 21.5 Å². The number of carbonyl (C=O) groups is 3. The number of furan rings is 1. The molecule has 2 aromatic rings. The molecule has 7 heteroatoms. The van der Waals surface area contributed by atoms with Crippen molar-refractivity contribution in [2.75, 3.05) is 6.54 Å². The Morgan fingerprint density at radius 1 is 1.14 bits per heavy atom. The molecule has 0 aliphatic carbocycles. The van der Waals surface area contributed by atoms with E-state index in [2.05, 4.69) is 31.6 Å². The summed E-state index contributed by atoms with van der Waals surface area (Å²) in [7, 11) is 0. The molecule has 2 heterocycles. The molecule has 1 atom stereocenters. The molecule has 28 heavy (non-hydrogen) atoms. The highest BCUT2D eigenvalue weighted by Crippen LogP contribution is 2.22. The predicted octanol–water partition coefficient (Wildman–Crippen LogP) is 2.39. The zero-order valence-electron chi connectivity index (χ0n) is 16.3. The Morgan fingerprint density at radius 3 is 2.46 bits per heavy atom. The second kappa shape index (κ2) is 7.88. The Hall–Kier alpha value is -3.09. The van der Waals surface area contributed by atoms with Crippen molar-refractivity contribution in [3.8, 4) is 0 Å². The Balaban J connectivity index is 1.51. The van der Waals surface area contributed by atoms with Gasteiger partial charge in [-0.25, -0.2) is 0 Å². The normalized spacial score (nSPS) is 16.9. The third kappa shape index (κ3) is 4.60. The lowest BCUT2D eigenvalue weighted by Gasteiger charge is -2.19. The number of benzene rings is 1. The van der Waals surface area contributed by atoms with Crippen LogP contribution in [0.2, 0.25) is 0 Å². The first-order valence-electron chi connectivity index (χ1n) is 9.25. The molecule has 0 saturated carbocycles. The van der Waals surface area contributed by atoms with Crippen LogP contribution < -0.4 is 10.9 Å². The fraction of sp³-hybridized carbons (Fsp3) is 0.381. The minimum Gasteiger partial charge on any atom is -0.467 e. The molecule has 3 rings (SSSR count). The summed E-state index contributed by atoms with van der Waals surface area (Å²) in [4.78, 5) is 38.3. The quantitative estimate of drug-likeness (QED) is 0.793. The van der Waals surface area contributed by atoms with Gasteiger partial charge >= 0.3 is 0 Å². The fourth-order valence-electron chi connectivity index (χ4n) is 3.11. The van der Waals surface area contributed by atoms with Crippen molar-refractivity contribution in [2.24, 2.45) is 5.92 Å². The van der Waals surface area contributed by atoms with Crippen molar-refractivity contribution in [3.05, 3.63) is 59.5 Å². The molecule has 1 aromatic carbocycles. The largest absolute Gasteiger partial charge is 0.467 e. The van der Waals surface area contributed by atoms with Crippen LogP contribution in [0.4, 0.5) is 0 Å². The van der Waals surface area contributed by atoms with E-state index >= 15 is 0 Å². The molecule has 1 fully saturated rings. The van der Waals surface area contributed by atoms with Gasteiger partial charge in [-0.3, -0.25) is 25.2 Å². The number of amides is 3. The Labute approximate surface area is 164 Å². The van der Waals surface area contributed by atoms with E-state index in [0.717, 1.165) is 5.56 Å². The molecule has 2 N–H and O–H groups in total. The summed E-state index contributed by atoms with van der Waals surface area (Å²) in [5, 5.41) is 0. The van der Waals surface area contributed by atoms with E-state index in [4.69, 9.17) is 4.42 Å². The molecule has 0 spiro atoms. The molecule has 0 radical (unpaired) electrons. The number of carbonyl (C=O) groups excluding carboxylic acids is 3. The molecule has 148 valence electrons. The highest BCUT2D eigenvalue weighted by atomic mass is 16.3. The maximum absolute atomic E-state index is 12.3. The van der Waals surface area contributed by atoms with Crippen molar-refractivity contribution in [3.63, 3.8) is 0 Å². The number of nitrogens with one attached hydrogen (secondary N) is 2. The van der Waals surface area contributed by atoms with Crippen LogP contribution in [0.3, 0.4) is 0 Å². The summed E-state index contributed by atoms with van der Waals surface area (Å²) < 4.78 is 5.25. The van der Waals surface area contributed by atoms with Crippen LogP contribution in [0, 0.1) is 5.92 Å². The molecule has 3 amide bonds. The molecule has 0 unspecified atom stereocenters. The van der Waals surface area contributed by atoms with Gasteiger partial charge in [-0.1, -0.05) is 32.9 Å². The Morgan fingerprint density at radius 2 is 1.86 bits per heavy atom. The summed E-state index contributed by atoms with van der Waals surface area (Å²) in [5.41, 5.74) is 6.42. The van der Waals surface area contributed by atoms with Crippen LogP contribution in [0.25, 0.3) is 0 Å². The molecule has 1 saturated heterocycles. The highest BCUT2D eigenvalue weighted by molar-refractivity contribution is 5.96. The maximum Gasteiger partial charge on any atom is 0.269 e. The minimum atomic E-state index is -0.508. The highest BCUT2D eigenvalue weighted by Gasteiger charge is 2.34. The molecular formula is C21H25N3O4. The maximum atomic E-state index is 12.3. The Kier molecular flexibility index (Phi) is 5.53. The van der Waals surface area contributed by atoms with Gasteiger partial charge in [0.05, 0.1) is 18.7 Å². The van der Waals surface area contributed by atoms with Crippen LogP contribution in [-0.4, -0.2) is 29.2 Å². The lowest BCUT2D eigenvalue weighted by Crippen LogP contribution is -2.45. The number of rotatable bonds is 4. The summed E-state index contributed by atoms with van der Waals surface area (Å²) in [6, 6.07) is 10.8. The van der Waals surface area contributed by atoms with Gasteiger partial charge in [0.1, 0.15) is 5.76 Å². The number of hydrazine groups is 1. The van der Waals surface area contributed by atoms with E-state index in [0.29, 0.717) is 24.4 Å². The van der Waals surface area contributed by atoms with Crippen molar-refractivity contribution < 1.29 is 18.8 Å². The second-order valence-corrected chi connectivity index (χ2v) is 8.03. The third-order valence-electron chi connectivity index (χ3n) is 4.82. The summed E-state index contributed by atoms with van der Waals surface area (Å²) in [6.07, 6.45) is 1.66. The first-order valence-corrected chi connectivity index (χ1v) is 9.25. The van der Waals surface area contributed by atoms with Crippen molar-refractivity contribution in [1.29, 1.82) is 0 Å². The van der Waals surface area contributed by atoms with E-state index in [1.807, 2.05) is 12.1 Å². The average molecular weight is 383 g/mol. The van der Waals surface area contributed by atoms with Gasteiger partial charge in [0.15, 0.2) is 0 Å². The summed E-state index contributed by atoms with van der Waals surface area (Å²) >= 11 is 0. The van der Waals surface area contributed by atoms with E-state index in [-0.39, 0.29) is 23.7 Å². The van der Waals surface area contributed by atoms with Gasteiger partial charge in [0.25, 0.3) is 5.91 Å². The standard InChI is InChI=1S/C21H25N3O4/c1-21(2,3)16-8-6-14(7-9-16)19(26)22-23-20(27)15-11-18(25)24(12-15)13-17-5-4-10-28-17/h4-10,15H,11-13H2,1-3H3,(H,22,26)(H,23,27)/t15-/m1/s1. The van der Waals surface area contributed by atoms with Crippen LogP contribution in [0.5, 0.6) is 0 Å². The fourth-order valence-corrected chi connectivity index (χ4v) is 3.11.